The lowest BCUT2D eigenvalue weighted by Gasteiger charge is -2.36. The molecular weight excluding hydrogens is 402 g/mol. The van der Waals surface area contributed by atoms with Crippen molar-refractivity contribution in [3.05, 3.63) is 32.7 Å². The summed E-state index contributed by atoms with van der Waals surface area (Å²) in [4.78, 5) is 28.2. The molecule has 1 aliphatic heterocycles. The maximum absolute atomic E-state index is 12.8. The minimum absolute atomic E-state index is 0.0679. The van der Waals surface area contributed by atoms with Gasteiger partial charge in [-0.3, -0.25) is 9.59 Å². The Balaban J connectivity index is 2.30. The van der Waals surface area contributed by atoms with E-state index in [1.165, 1.54) is 4.90 Å². The van der Waals surface area contributed by atoms with Gasteiger partial charge in [0.15, 0.2) is 0 Å². The van der Waals surface area contributed by atoms with Gasteiger partial charge in [0.25, 0.3) is 5.91 Å². The van der Waals surface area contributed by atoms with E-state index >= 15 is 0 Å². The number of rotatable bonds is 2. The average molecular weight is 419 g/mol. The molecule has 1 aromatic carbocycles. The second-order valence-corrected chi connectivity index (χ2v) is 6.85. The van der Waals surface area contributed by atoms with Crippen LogP contribution >= 0.6 is 31.9 Å². The average Bonchev–Trinajstić information content (AvgIpc) is 2.48. The van der Waals surface area contributed by atoms with E-state index in [2.05, 4.69) is 37.2 Å². The number of carbonyl (C=O) groups excluding carboxylic acids is 2. The van der Waals surface area contributed by atoms with Gasteiger partial charge in [-0.05, 0) is 34.1 Å². The molecule has 0 radical (unpaired) electrons. The van der Waals surface area contributed by atoms with Gasteiger partial charge < -0.3 is 15.1 Å². The summed E-state index contributed by atoms with van der Waals surface area (Å²) in [6.45, 7) is 1.69. The van der Waals surface area contributed by atoms with E-state index in [0.29, 0.717) is 25.2 Å². The summed E-state index contributed by atoms with van der Waals surface area (Å²) in [7, 11) is 3.41. The van der Waals surface area contributed by atoms with Crippen LogP contribution in [-0.4, -0.2) is 61.4 Å². The van der Waals surface area contributed by atoms with Crippen LogP contribution < -0.4 is 5.32 Å². The fraction of sp³-hybridized carbons (Fsp3) is 0.429. The van der Waals surface area contributed by atoms with E-state index in [9.17, 15) is 9.59 Å². The first kappa shape index (κ1) is 16.5. The molecule has 0 saturated carbocycles. The maximum Gasteiger partial charge on any atom is 0.255 e. The summed E-state index contributed by atoms with van der Waals surface area (Å²) in [6.07, 6.45) is 0. The molecule has 1 aliphatic rings. The van der Waals surface area contributed by atoms with Gasteiger partial charge in [0.1, 0.15) is 6.04 Å². The summed E-state index contributed by atoms with van der Waals surface area (Å²) in [5.41, 5.74) is 0.558. The number of hydrogen-bond donors (Lipinski definition) is 1. The third kappa shape index (κ3) is 3.64. The van der Waals surface area contributed by atoms with Gasteiger partial charge in [0.2, 0.25) is 5.91 Å². The highest BCUT2D eigenvalue weighted by molar-refractivity contribution is 9.11. The Labute approximate surface area is 140 Å². The van der Waals surface area contributed by atoms with Gasteiger partial charge >= 0.3 is 0 Å². The summed E-state index contributed by atoms with van der Waals surface area (Å²) in [5, 5.41) is 3.17. The molecule has 1 fully saturated rings. The molecule has 1 heterocycles. The number of amides is 2. The van der Waals surface area contributed by atoms with E-state index in [1.807, 2.05) is 12.1 Å². The largest absolute Gasteiger partial charge is 0.347 e. The molecule has 0 aliphatic carbocycles. The highest BCUT2D eigenvalue weighted by Gasteiger charge is 2.34. The zero-order valence-electron chi connectivity index (χ0n) is 11.9. The molecule has 2 amide bonds. The van der Waals surface area contributed by atoms with E-state index in [0.717, 1.165) is 8.95 Å². The SMILES string of the molecule is CN(C)C(=O)C1CNCCN1C(=O)c1cc(Br)ccc1Br. The summed E-state index contributed by atoms with van der Waals surface area (Å²) in [5.74, 6) is -0.202. The van der Waals surface area contributed by atoms with Crippen molar-refractivity contribution in [1.82, 2.24) is 15.1 Å². The van der Waals surface area contributed by atoms with Gasteiger partial charge in [0, 0.05) is 42.7 Å². The van der Waals surface area contributed by atoms with Gasteiger partial charge in [-0.2, -0.15) is 0 Å². The van der Waals surface area contributed by atoms with Gasteiger partial charge in [-0.15, -0.1) is 0 Å². The molecule has 0 spiro atoms. The topological polar surface area (TPSA) is 52.7 Å². The van der Waals surface area contributed by atoms with Crippen molar-refractivity contribution in [3.8, 4) is 0 Å². The Bertz CT molecular complexity index is 563. The Morgan fingerprint density at radius 3 is 2.71 bits per heavy atom. The zero-order valence-corrected chi connectivity index (χ0v) is 15.1. The van der Waals surface area contributed by atoms with Gasteiger partial charge in [0.05, 0.1) is 5.56 Å². The van der Waals surface area contributed by atoms with Gasteiger partial charge in [-0.25, -0.2) is 0 Å². The minimum Gasteiger partial charge on any atom is -0.347 e. The normalized spacial score (nSPS) is 18.5. The first-order valence-corrected chi connectivity index (χ1v) is 8.18. The zero-order chi connectivity index (χ0) is 15.6. The van der Waals surface area contributed by atoms with Crippen molar-refractivity contribution in [1.29, 1.82) is 0 Å². The van der Waals surface area contributed by atoms with Crippen LogP contribution in [0, 0.1) is 0 Å². The van der Waals surface area contributed by atoms with Crippen molar-refractivity contribution < 1.29 is 9.59 Å². The molecule has 1 N–H and O–H groups in total. The van der Waals surface area contributed by atoms with Crippen LogP contribution in [0.25, 0.3) is 0 Å². The Hall–Kier alpha value is -0.920. The van der Waals surface area contributed by atoms with Crippen molar-refractivity contribution in [2.24, 2.45) is 0 Å². The third-order valence-corrected chi connectivity index (χ3v) is 4.57. The molecule has 1 saturated heterocycles. The summed E-state index contributed by atoms with van der Waals surface area (Å²) < 4.78 is 1.56. The molecule has 2 rings (SSSR count). The molecule has 1 aromatic rings. The molecule has 21 heavy (non-hydrogen) atoms. The third-order valence-electron chi connectivity index (χ3n) is 3.39. The summed E-state index contributed by atoms with van der Waals surface area (Å²) >= 11 is 6.78. The smallest absolute Gasteiger partial charge is 0.255 e. The van der Waals surface area contributed by atoms with E-state index in [4.69, 9.17) is 0 Å². The molecule has 0 bridgehead atoms. The van der Waals surface area contributed by atoms with E-state index < -0.39 is 6.04 Å². The summed E-state index contributed by atoms with van der Waals surface area (Å²) in [6, 6.07) is 4.99. The van der Waals surface area contributed by atoms with E-state index in [-0.39, 0.29) is 11.8 Å². The monoisotopic (exact) mass is 417 g/mol. The molecule has 5 nitrogen and oxygen atoms in total. The standard InChI is InChI=1S/C14H17Br2N3O2/c1-18(2)14(21)12-8-17-5-6-19(12)13(20)10-7-9(15)3-4-11(10)16/h3-4,7,12,17H,5-6,8H2,1-2H3. The van der Waals surface area contributed by atoms with Crippen LogP contribution in [0.1, 0.15) is 10.4 Å². The highest BCUT2D eigenvalue weighted by atomic mass is 79.9. The Kier molecular flexibility index (Phi) is 5.40. The molecule has 1 unspecified atom stereocenters. The predicted octanol–water partition coefficient (Wildman–Crippen LogP) is 1.71. The van der Waals surface area contributed by atoms with Crippen molar-refractivity contribution in [2.75, 3.05) is 33.7 Å². The number of benzene rings is 1. The molecule has 0 aromatic heterocycles. The molecular formula is C14H17Br2N3O2. The van der Waals surface area contributed by atoms with Crippen LogP contribution in [0.15, 0.2) is 27.1 Å². The van der Waals surface area contributed by atoms with Crippen LogP contribution in [0.2, 0.25) is 0 Å². The minimum atomic E-state index is -0.466. The van der Waals surface area contributed by atoms with Gasteiger partial charge in [-0.1, -0.05) is 15.9 Å². The molecule has 7 heteroatoms. The number of nitrogens with one attached hydrogen (secondary N) is 1. The lowest BCUT2D eigenvalue weighted by atomic mass is 10.1. The number of nitrogens with zero attached hydrogens (tertiary/aromatic N) is 2. The number of carbonyl (C=O) groups is 2. The molecule has 114 valence electrons. The van der Waals surface area contributed by atoms with Crippen molar-refractivity contribution in [3.63, 3.8) is 0 Å². The van der Waals surface area contributed by atoms with Crippen LogP contribution in [0.5, 0.6) is 0 Å². The quantitative estimate of drug-likeness (QED) is 0.795. The van der Waals surface area contributed by atoms with Crippen molar-refractivity contribution >= 4 is 43.7 Å². The second-order valence-electron chi connectivity index (χ2n) is 5.08. The van der Waals surface area contributed by atoms with Crippen LogP contribution in [0.4, 0.5) is 0 Å². The lowest BCUT2D eigenvalue weighted by Crippen LogP contribution is -2.59. The van der Waals surface area contributed by atoms with E-state index in [1.54, 1.807) is 25.1 Å². The number of hydrogen-bond acceptors (Lipinski definition) is 3. The Morgan fingerprint density at radius 1 is 1.33 bits per heavy atom. The fourth-order valence-corrected chi connectivity index (χ4v) is 3.06. The first-order chi connectivity index (χ1) is 9.91. The first-order valence-electron chi connectivity index (χ1n) is 6.59. The van der Waals surface area contributed by atoms with Crippen molar-refractivity contribution in [2.45, 2.75) is 6.04 Å². The number of halogens is 2. The second kappa shape index (κ2) is 6.89. The lowest BCUT2D eigenvalue weighted by molar-refractivity contribution is -0.134. The molecule has 1 atom stereocenters. The fourth-order valence-electron chi connectivity index (χ4n) is 2.28. The highest BCUT2D eigenvalue weighted by Crippen LogP contribution is 2.24. The van der Waals surface area contributed by atoms with Crippen LogP contribution in [-0.2, 0) is 4.79 Å². The predicted molar refractivity (Wildman–Crippen MR) is 88.2 cm³/mol. The number of likely N-dealkylation sites (N-methyl/N-ethyl adjacent to an activating group) is 1. The maximum atomic E-state index is 12.8. The van der Waals surface area contributed by atoms with Crippen LogP contribution in [0.3, 0.4) is 0 Å². The Morgan fingerprint density at radius 2 is 2.05 bits per heavy atom. The number of piperazine rings is 1.